The van der Waals surface area contributed by atoms with Crippen LogP contribution in [0.4, 0.5) is 0 Å². The summed E-state index contributed by atoms with van der Waals surface area (Å²) in [6.45, 7) is 8.37. The van der Waals surface area contributed by atoms with Crippen molar-refractivity contribution in [1.29, 1.82) is 0 Å². The third-order valence-electron chi connectivity index (χ3n) is 3.69. The van der Waals surface area contributed by atoms with E-state index >= 15 is 0 Å². The SMILES string of the molecule is C=CCC[C@H]1CCC[C@H]1/C(=N/N(C)C)C(C)C. The highest BCUT2D eigenvalue weighted by molar-refractivity contribution is 5.88. The van der Waals surface area contributed by atoms with Gasteiger partial charge in [-0.25, -0.2) is 0 Å². The lowest BCUT2D eigenvalue weighted by Gasteiger charge is -2.25. The summed E-state index contributed by atoms with van der Waals surface area (Å²) >= 11 is 0. The molecule has 0 aromatic rings. The van der Waals surface area contributed by atoms with Gasteiger partial charge in [-0.15, -0.1) is 6.58 Å². The van der Waals surface area contributed by atoms with Crippen molar-refractivity contribution in [3.8, 4) is 0 Å². The molecule has 1 aliphatic rings. The van der Waals surface area contributed by atoms with E-state index in [9.17, 15) is 0 Å². The monoisotopic (exact) mass is 236 g/mol. The van der Waals surface area contributed by atoms with Crippen LogP contribution in [0.3, 0.4) is 0 Å². The molecule has 1 saturated carbocycles. The highest BCUT2D eigenvalue weighted by Crippen LogP contribution is 2.37. The Morgan fingerprint density at radius 2 is 2.12 bits per heavy atom. The molecule has 0 aromatic heterocycles. The van der Waals surface area contributed by atoms with Crippen LogP contribution in [0.5, 0.6) is 0 Å². The fourth-order valence-corrected chi connectivity index (χ4v) is 2.95. The second-order valence-electron chi connectivity index (χ2n) is 5.69. The molecular formula is C15H28N2. The molecular weight excluding hydrogens is 208 g/mol. The van der Waals surface area contributed by atoms with Gasteiger partial charge >= 0.3 is 0 Å². The van der Waals surface area contributed by atoms with Crippen LogP contribution in [-0.2, 0) is 0 Å². The summed E-state index contributed by atoms with van der Waals surface area (Å²) in [5, 5.41) is 6.70. The average molecular weight is 236 g/mol. The molecule has 17 heavy (non-hydrogen) atoms. The zero-order valence-electron chi connectivity index (χ0n) is 11.9. The van der Waals surface area contributed by atoms with Crippen LogP contribution in [0.15, 0.2) is 17.8 Å². The topological polar surface area (TPSA) is 15.6 Å². The molecule has 1 fully saturated rings. The lowest BCUT2D eigenvalue weighted by Crippen LogP contribution is -2.26. The minimum atomic E-state index is 0.562. The van der Waals surface area contributed by atoms with Crippen LogP contribution < -0.4 is 0 Å². The van der Waals surface area contributed by atoms with Gasteiger partial charge < -0.3 is 5.01 Å². The van der Waals surface area contributed by atoms with Gasteiger partial charge in [0.1, 0.15) is 0 Å². The molecule has 0 N–H and O–H groups in total. The zero-order valence-corrected chi connectivity index (χ0v) is 11.9. The molecule has 2 nitrogen and oxygen atoms in total. The van der Waals surface area contributed by atoms with Gasteiger partial charge in [0, 0.05) is 25.7 Å². The lowest BCUT2D eigenvalue weighted by molar-refractivity contribution is 0.400. The highest BCUT2D eigenvalue weighted by Gasteiger charge is 2.32. The molecule has 0 amide bonds. The number of hydrazone groups is 1. The van der Waals surface area contributed by atoms with Crippen LogP contribution in [0.2, 0.25) is 0 Å². The predicted octanol–water partition coefficient (Wildman–Crippen LogP) is 3.94. The maximum absolute atomic E-state index is 4.74. The Morgan fingerprint density at radius 3 is 2.65 bits per heavy atom. The van der Waals surface area contributed by atoms with Gasteiger partial charge in [-0.1, -0.05) is 26.3 Å². The lowest BCUT2D eigenvalue weighted by atomic mass is 9.83. The van der Waals surface area contributed by atoms with Crippen molar-refractivity contribution in [2.24, 2.45) is 22.9 Å². The largest absolute Gasteiger partial charge is 0.303 e. The molecule has 0 heterocycles. The molecule has 0 radical (unpaired) electrons. The first-order valence-corrected chi connectivity index (χ1v) is 6.92. The molecule has 98 valence electrons. The van der Waals surface area contributed by atoms with E-state index in [1.807, 2.05) is 25.2 Å². The Labute approximate surface area is 107 Å². The fourth-order valence-electron chi connectivity index (χ4n) is 2.95. The summed E-state index contributed by atoms with van der Waals surface area (Å²) in [4.78, 5) is 0. The van der Waals surface area contributed by atoms with Crippen molar-refractivity contribution in [1.82, 2.24) is 5.01 Å². The summed E-state index contributed by atoms with van der Waals surface area (Å²) in [5.41, 5.74) is 1.40. The van der Waals surface area contributed by atoms with Gasteiger partial charge in [0.05, 0.1) is 0 Å². The van der Waals surface area contributed by atoms with Gasteiger partial charge in [-0.3, -0.25) is 0 Å². The van der Waals surface area contributed by atoms with Crippen LogP contribution in [-0.4, -0.2) is 24.8 Å². The molecule has 1 rings (SSSR count). The van der Waals surface area contributed by atoms with Crippen molar-refractivity contribution in [3.05, 3.63) is 12.7 Å². The van der Waals surface area contributed by atoms with Gasteiger partial charge in [0.2, 0.25) is 0 Å². The fraction of sp³-hybridized carbons (Fsp3) is 0.800. The Kier molecular flexibility index (Phi) is 5.73. The second-order valence-corrected chi connectivity index (χ2v) is 5.69. The van der Waals surface area contributed by atoms with Gasteiger partial charge in [0.25, 0.3) is 0 Å². The summed E-state index contributed by atoms with van der Waals surface area (Å²) in [5.74, 6) is 2.10. The van der Waals surface area contributed by atoms with E-state index in [0.29, 0.717) is 11.8 Å². The normalized spacial score (nSPS) is 25.4. The summed E-state index contributed by atoms with van der Waals surface area (Å²) < 4.78 is 0. The molecule has 2 atom stereocenters. The van der Waals surface area contributed by atoms with E-state index in [0.717, 1.165) is 12.3 Å². The first-order valence-electron chi connectivity index (χ1n) is 6.92. The van der Waals surface area contributed by atoms with Gasteiger partial charge in [-0.2, -0.15) is 5.10 Å². The smallest absolute Gasteiger partial charge is 0.0439 e. The quantitative estimate of drug-likeness (QED) is 0.387. The Morgan fingerprint density at radius 1 is 1.41 bits per heavy atom. The van der Waals surface area contributed by atoms with Gasteiger partial charge in [0.15, 0.2) is 0 Å². The summed E-state index contributed by atoms with van der Waals surface area (Å²) in [6.07, 6.45) is 8.55. The van der Waals surface area contributed by atoms with E-state index in [-0.39, 0.29) is 0 Å². The van der Waals surface area contributed by atoms with E-state index in [2.05, 4.69) is 20.4 Å². The number of hydrogen-bond acceptors (Lipinski definition) is 2. The number of rotatable bonds is 6. The third kappa shape index (κ3) is 4.18. The maximum atomic E-state index is 4.74. The molecule has 2 heteroatoms. The number of allylic oxidation sites excluding steroid dienone is 1. The molecule has 0 saturated heterocycles. The van der Waals surface area contributed by atoms with Crippen LogP contribution in [0.1, 0.15) is 46.0 Å². The number of hydrogen-bond donors (Lipinski definition) is 0. The Balaban J connectivity index is 2.75. The first kappa shape index (κ1) is 14.3. The Bertz CT molecular complexity index is 266. The second kappa shape index (κ2) is 6.83. The minimum Gasteiger partial charge on any atom is -0.303 e. The number of nitrogens with zero attached hydrogens (tertiary/aromatic N) is 2. The highest BCUT2D eigenvalue weighted by atomic mass is 15.4. The van der Waals surface area contributed by atoms with Crippen molar-refractivity contribution in [3.63, 3.8) is 0 Å². The minimum absolute atomic E-state index is 0.562. The van der Waals surface area contributed by atoms with Crippen molar-refractivity contribution in [2.75, 3.05) is 14.1 Å². The summed E-state index contributed by atoms with van der Waals surface area (Å²) in [7, 11) is 4.05. The van der Waals surface area contributed by atoms with E-state index in [1.54, 1.807) is 0 Å². The van der Waals surface area contributed by atoms with E-state index < -0.39 is 0 Å². The standard InChI is InChI=1S/C15H28N2/c1-6-7-9-13-10-8-11-14(13)15(12(2)3)16-17(4)5/h6,12-14H,1,7-11H2,2-5H3/b16-15+/t13-,14+/m0/s1. The third-order valence-corrected chi connectivity index (χ3v) is 3.69. The van der Waals surface area contributed by atoms with Crippen LogP contribution >= 0.6 is 0 Å². The predicted molar refractivity (Wildman–Crippen MR) is 76.2 cm³/mol. The van der Waals surface area contributed by atoms with Crippen molar-refractivity contribution in [2.45, 2.75) is 46.0 Å². The molecule has 0 aromatic carbocycles. The maximum Gasteiger partial charge on any atom is 0.0439 e. The van der Waals surface area contributed by atoms with Gasteiger partial charge in [-0.05, 0) is 37.5 Å². The molecule has 1 aliphatic carbocycles. The molecule has 0 bridgehead atoms. The average Bonchev–Trinajstić information content (AvgIpc) is 2.70. The molecule has 0 spiro atoms. The summed E-state index contributed by atoms with van der Waals surface area (Å²) in [6, 6.07) is 0. The van der Waals surface area contributed by atoms with Crippen molar-refractivity contribution >= 4 is 5.71 Å². The van der Waals surface area contributed by atoms with E-state index in [4.69, 9.17) is 5.10 Å². The Hall–Kier alpha value is -0.790. The first-order chi connectivity index (χ1) is 8.06. The van der Waals surface area contributed by atoms with E-state index in [1.165, 1.54) is 31.4 Å². The molecule has 0 aliphatic heterocycles. The molecule has 0 unspecified atom stereocenters. The van der Waals surface area contributed by atoms with Crippen molar-refractivity contribution < 1.29 is 0 Å². The van der Waals surface area contributed by atoms with Crippen LogP contribution in [0, 0.1) is 17.8 Å². The zero-order chi connectivity index (χ0) is 12.8. The van der Waals surface area contributed by atoms with Crippen LogP contribution in [0.25, 0.3) is 0 Å².